The van der Waals surface area contributed by atoms with Gasteiger partial charge in [-0.2, -0.15) is 5.10 Å². The zero-order valence-electron chi connectivity index (χ0n) is 10.7. The van der Waals surface area contributed by atoms with Gasteiger partial charge in [-0.15, -0.1) is 0 Å². The average Bonchev–Trinajstić information content (AvgIpc) is 2.73. The van der Waals surface area contributed by atoms with Gasteiger partial charge in [0.05, 0.1) is 12.6 Å². The molecule has 3 N–H and O–H groups in total. The Balaban J connectivity index is 1.92. The second-order valence-electron chi connectivity index (χ2n) is 4.20. The molecule has 0 aliphatic rings. The van der Waals surface area contributed by atoms with Gasteiger partial charge < -0.3 is 5.10 Å². The van der Waals surface area contributed by atoms with Gasteiger partial charge in [0.2, 0.25) is 5.91 Å². The number of hydrazone groups is 1. The number of halogens is 1. The quantitative estimate of drug-likeness (QED) is 0.586. The van der Waals surface area contributed by atoms with E-state index < -0.39 is 0 Å². The van der Waals surface area contributed by atoms with E-state index in [2.05, 4.69) is 20.7 Å². The summed E-state index contributed by atoms with van der Waals surface area (Å²) in [7, 11) is 0. The molecule has 6 nitrogen and oxygen atoms in total. The Morgan fingerprint density at radius 1 is 1.35 bits per heavy atom. The fourth-order valence-electron chi connectivity index (χ4n) is 1.61. The Morgan fingerprint density at radius 2 is 2.05 bits per heavy atom. The fraction of sp³-hybridized carbons (Fsp3) is 0.154. The summed E-state index contributed by atoms with van der Waals surface area (Å²) in [6.07, 6.45) is 1.48. The number of aromatic nitrogens is 2. The molecule has 0 radical (unpaired) electrons. The van der Waals surface area contributed by atoms with E-state index in [9.17, 15) is 9.59 Å². The lowest BCUT2D eigenvalue weighted by Gasteiger charge is -1.98. The number of hydrogen-bond acceptors (Lipinski definition) is 3. The summed E-state index contributed by atoms with van der Waals surface area (Å²) in [6, 6.07) is 7.01. The third kappa shape index (κ3) is 3.58. The molecule has 0 saturated carbocycles. The van der Waals surface area contributed by atoms with Gasteiger partial charge in [-0.3, -0.25) is 14.7 Å². The molecule has 0 aliphatic heterocycles. The van der Waals surface area contributed by atoms with Gasteiger partial charge >= 0.3 is 0 Å². The molecule has 7 heteroatoms. The number of aromatic amines is 2. The topological polar surface area (TPSA) is 90.1 Å². The van der Waals surface area contributed by atoms with Crippen LogP contribution in [0, 0.1) is 6.92 Å². The first-order valence-electron chi connectivity index (χ1n) is 5.90. The van der Waals surface area contributed by atoms with Crippen LogP contribution in [0.25, 0.3) is 0 Å². The Morgan fingerprint density at radius 3 is 2.65 bits per heavy atom. The normalized spacial score (nSPS) is 10.9. The van der Waals surface area contributed by atoms with Crippen LogP contribution in [0.3, 0.4) is 0 Å². The summed E-state index contributed by atoms with van der Waals surface area (Å²) in [4.78, 5) is 23.0. The van der Waals surface area contributed by atoms with Gasteiger partial charge in [-0.05, 0) is 24.6 Å². The van der Waals surface area contributed by atoms with Gasteiger partial charge in [-0.25, -0.2) is 5.43 Å². The highest BCUT2D eigenvalue weighted by molar-refractivity contribution is 6.30. The monoisotopic (exact) mass is 292 g/mol. The van der Waals surface area contributed by atoms with Crippen molar-refractivity contribution in [2.45, 2.75) is 13.3 Å². The number of amides is 1. The summed E-state index contributed by atoms with van der Waals surface area (Å²) >= 11 is 5.76. The number of aryl methyl sites for hydroxylation is 1. The van der Waals surface area contributed by atoms with E-state index in [-0.39, 0.29) is 17.9 Å². The molecule has 1 amide bonds. The van der Waals surface area contributed by atoms with Crippen LogP contribution in [0.4, 0.5) is 0 Å². The minimum Gasteiger partial charge on any atom is -0.302 e. The standard InChI is InChI=1S/C13H13ClN4O2/c1-8-11(13(20)18-16-8)6-12(19)17-15-7-9-2-4-10(14)5-3-9/h2-5,7H,6H2,1H3,(H,17,19)(H2,16,18,20)/b15-7+. The molecule has 0 unspecified atom stereocenters. The third-order valence-corrected chi connectivity index (χ3v) is 2.95. The lowest BCUT2D eigenvalue weighted by molar-refractivity contribution is -0.120. The maximum absolute atomic E-state index is 11.6. The Bertz CT molecular complexity index is 685. The lowest BCUT2D eigenvalue weighted by Crippen LogP contribution is -2.23. The molecule has 0 aliphatic carbocycles. The molecule has 0 atom stereocenters. The van der Waals surface area contributed by atoms with Crippen LogP contribution in [0.15, 0.2) is 34.2 Å². The molecule has 1 aromatic carbocycles. The minimum absolute atomic E-state index is 0.0252. The summed E-state index contributed by atoms with van der Waals surface area (Å²) in [5, 5.41) is 9.53. The van der Waals surface area contributed by atoms with Crippen molar-refractivity contribution >= 4 is 23.7 Å². The predicted octanol–water partition coefficient (Wildman–Crippen LogP) is 1.36. The molecule has 1 heterocycles. The third-order valence-electron chi connectivity index (χ3n) is 2.70. The van der Waals surface area contributed by atoms with Crippen molar-refractivity contribution in [1.29, 1.82) is 0 Å². The van der Waals surface area contributed by atoms with Crippen LogP contribution in [-0.2, 0) is 11.2 Å². The van der Waals surface area contributed by atoms with Crippen molar-refractivity contribution in [2.24, 2.45) is 5.10 Å². The first-order valence-corrected chi connectivity index (χ1v) is 6.27. The molecule has 2 aromatic rings. The van der Waals surface area contributed by atoms with Crippen molar-refractivity contribution in [2.75, 3.05) is 0 Å². The zero-order valence-corrected chi connectivity index (χ0v) is 11.5. The molecule has 0 saturated heterocycles. The average molecular weight is 293 g/mol. The highest BCUT2D eigenvalue weighted by Crippen LogP contribution is 2.07. The van der Waals surface area contributed by atoms with Crippen LogP contribution in [0.5, 0.6) is 0 Å². The number of carbonyl (C=O) groups excluding carboxylic acids is 1. The van der Waals surface area contributed by atoms with Crippen LogP contribution in [0.1, 0.15) is 16.8 Å². The molecule has 1 aromatic heterocycles. The number of nitrogens with zero attached hydrogens (tertiary/aromatic N) is 1. The highest BCUT2D eigenvalue weighted by Gasteiger charge is 2.10. The van der Waals surface area contributed by atoms with E-state index in [1.54, 1.807) is 31.2 Å². The summed E-state index contributed by atoms with van der Waals surface area (Å²) in [5.41, 5.74) is 3.94. The van der Waals surface area contributed by atoms with Crippen molar-refractivity contribution in [3.8, 4) is 0 Å². The van der Waals surface area contributed by atoms with Crippen molar-refractivity contribution < 1.29 is 4.79 Å². The van der Waals surface area contributed by atoms with E-state index >= 15 is 0 Å². The van der Waals surface area contributed by atoms with E-state index in [4.69, 9.17) is 11.6 Å². The number of benzene rings is 1. The molecule has 0 spiro atoms. The molecule has 0 bridgehead atoms. The highest BCUT2D eigenvalue weighted by atomic mass is 35.5. The number of rotatable bonds is 4. The molecular formula is C13H13ClN4O2. The number of nitrogens with one attached hydrogen (secondary N) is 3. The Hall–Kier alpha value is -2.34. The lowest BCUT2D eigenvalue weighted by atomic mass is 10.2. The molecule has 2 rings (SSSR count). The van der Waals surface area contributed by atoms with Crippen LogP contribution in [-0.4, -0.2) is 22.3 Å². The fourth-order valence-corrected chi connectivity index (χ4v) is 1.74. The first-order chi connectivity index (χ1) is 9.56. The van der Waals surface area contributed by atoms with Crippen LogP contribution < -0.4 is 11.0 Å². The van der Waals surface area contributed by atoms with Crippen molar-refractivity contribution in [1.82, 2.24) is 15.6 Å². The zero-order chi connectivity index (χ0) is 14.5. The molecule has 104 valence electrons. The second-order valence-corrected chi connectivity index (χ2v) is 4.64. The van der Waals surface area contributed by atoms with Gasteiger partial charge in [-0.1, -0.05) is 23.7 Å². The first kappa shape index (κ1) is 14.1. The van der Waals surface area contributed by atoms with Gasteiger partial charge in [0.1, 0.15) is 0 Å². The summed E-state index contributed by atoms with van der Waals surface area (Å²) < 4.78 is 0. The van der Waals surface area contributed by atoms with Crippen LogP contribution >= 0.6 is 11.6 Å². The van der Waals surface area contributed by atoms with Gasteiger partial charge in [0, 0.05) is 16.3 Å². The van der Waals surface area contributed by atoms with Gasteiger partial charge in [0.25, 0.3) is 5.56 Å². The minimum atomic E-state index is -0.358. The number of carbonyl (C=O) groups is 1. The number of hydrogen-bond donors (Lipinski definition) is 3. The van der Waals surface area contributed by atoms with Gasteiger partial charge in [0.15, 0.2) is 0 Å². The molecule has 20 heavy (non-hydrogen) atoms. The summed E-state index contributed by atoms with van der Waals surface area (Å²) in [5.74, 6) is -0.358. The Labute approximate surface area is 119 Å². The maximum atomic E-state index is 11.6. The maximum Gasteiger partial charge on any atom is 0.267 e. The van der Waals surface area contributed by atoms with E-state index in [1.807, 2.05) is 0 Å². The molecule has 0 fully saturated rings. The summed E-state index contributed by atoms with van der Waals surface area (Å²) in [6.45, 7) is 1.72. The van der Waals surface area contributed by atoms with Crippen LogP contribution in [0.2, 0.25) is 5.02 Å². The Kier molecular flexibility index (Phi) is 4.37. The second kappa shape index (κ2) is 6.21. The SMILES string of the molecule is Cc1[nH][nH]c(=O)c1CC(=O)N/N=C/c1ccc(Cl)cc1. The number of H-pyrrole nitrogens is 2. The van der Waals surface area contributed by atoms with Crippen molar-refractivity contribution in [3.63, 3.8) is 0 Å². The smallest absolute Gasteiger partial charge is 0.267 e. The van der Waals surface area contributed by atoms with Crippen molar-refractivity contribution in [3.05, 3.63) is 56.5 Å². The van der Waals surface area contributed by atoms with E-state index in [1.165, 1.54) is 6.21 Å². The molecular weight excluding hydrogens is 280 g/mol. The van der Waals surface area contributed by atoms with E-state index in [0.717, 1.165) is 5.56 Å². The predicted molar refractivity (Wildman–Crippen MR) is 77.0 cm³/mol. The van der Waals surface area contributed by atoms with E-state index in [0.29, 0.717) is 16.3 Å². The largest absolute Gasteiger partial charge is 0.302 e.